The average Bonchev–Trinajstić information content (AvgIpc) is 3.41. The van der Waals surface area contributed by atoms with Crippen molar-refractivity contribution in [3.63, 3.8) is 0 Å². The zero-order valence-electron chi connectivity index (χ0n) is 17.2. The number of hydrogen-bond donors (Lipinski definition) is 1. The number of fused-ring (bicyclic) bond motifs is 1. The number of carbonyl (C=O) groups excluding carboxylic acids is 1. The van der Waals surface area contributed by atoms with E-state index in [1.165, 1.54) is 0 Å². The summed E-state index contributed by atoms with van der Waals surface area (Å²) in [5.41, 5.74) is 2.32. The Kier molecular flexibility index (Phi) is 5.56. The summed E-state index contributed by atoms with van der Waals surface area (Å²) < 4.78 is 7.24. The van der Waals surface area contributed by atoms with Crippen LogP contribution in [0.1, 0.15) is 56.2 Å². The van der Waals surface area contributed by atoms with Crippen LogP contribution in [-0.4, -0.2) is 30.6 Å². The molecule has 1 N–H and O–H groups in total. The molecule has 1 atom stereocenters. The normalized spacial score (nSPS) is 12.4. The average molecular weight is 404 g/mol. The molecule has 8 nitrogen and oxygen atoms in total. The summed E-state index contributed by atoms with van der Waals surface area (Å²) in [6.07, 6.45) is 2.57. The summed E-state index contributed by atoms with van der Waals surface area (Å²) in [6.45, 7) is 6.29. The van der Waals surface area contributed by atoms with Crippen LogP contribution in [0.4, 0.5) is 0 Å². The van der Waals surface area contributed by atoms with Crippen LogP contribution < -0.4 is 5.32 Å². The van der Waals surface area contributed by atoms with Crippen LogP contribution in [-0.2, 0) is 11.3 Å². The van der Waals surface area contributed by atoms with Crippen LogP contribution in [0.2, 0.25) is 0 Å². The molecule has 0 saturated heterocycles. The predicted molar refractivity (Wildman–Crippen MR) is 112 cm³/mol. The quantitative estimate of drug-likeness (QED) is 0.504. The van der Waals surface area contributed by atoms with Crippen molar-refractivity contribution in [1.29, 1.82) is 0 Å². The molecule has 4 aromatic rings. The maximum atomic E-state index is 12.8. The monoisotopic (exact) mass is 404 g/mol. The van der Waals surface area contributed by atoms with E-state index in [2.05, 4.69) is 25.7 Å². The van der Waals surface area contributed by atoms with Crippen LogP contribution in [0.3, 0.4) is 0 Å². The third-order valence-electron chi connectivity index (χ3n) is 5.04. The van der Waals surface area contributed by atoms with Gasteiger partial charge in [-0.1, -0.05) is 56.3 Å². The van der Waals surface area contributed by atoms with Gasteiger partial charge in [-0.15, -0.1) is 10.2 Å². The Morgan fingerprint density at radius 2 is 1.93 bits per heavy atom. The van der Waals surface area contributed by atoms with E-state index in [1.807, 2.05) is 73.8 Å². The third kappa shape index (κ3) is 3.80. The maximum Gasteiger partial charge on any atom is 0.261 e. The fourth-order valence-corrected chi connectivity index (χ4v) is 3.38. The van der Waals surface area contributed by atoms with Crippen LogP contribution in [0.15, 0.2) is 53.2 Å². The van der Waals surface area contributed by atoms with Gasteiger partial charge in [0.2, 0.25) is 5.91 Å². The molecule has 30 heavy (non-hydrogen) atoms. The summed E-state index contributed by atoms with van der Waals surface area (Å²) in [7, 11) is 0. The number of nitrogens with one attached hydrogen (secondary N) is 1. The van der Waals surface area contributed by atoms with Crippen molar-refractivity contribution >= 4 is 11.6 Å². The second kappa shape index (κ2) is 8.44. The molecule has 0 aliphatic rings. The van der Waals surface area contributed by atoms with Crippen LogP contribution >= 0.6 is 0 Å². The number of benzene rings is 1. The minimum absolute atomic E-state index is 0.0323. The first-order valence-electron chi connectivity index (χ1n) is 10.1. The van der Waals surface area contributed by atoms with E-state index < -0.39 is 0 Å². The Morgan fingerprint density at radius 1 is 1.13 bits per heavy atom. The molecule has 0 saturated carbocycles. The Bertz CT molecular complexity index is 1150. The Balaban J connectivity index is 1.55. The van der Waals surface area contributed by atoms with Crippen molar-refractivity contribution in [2.75, 3.05) is 0 Å². The van der Waals surface area contributed by atoms with Gasteiger partial charge in [-0.2, -0.15) is 4.98 Å². The SMILES string of the molecule is CC[C@H](C(=O)NCc1nnc2c(-c3nc(C(C)C)no3)cccn12)c1ccccc1. The van der Waals surface area contributed by atoms with Crippen molar-refractivity contribution in [2.24, 2.45) is 0 Å². The second-order valence-corrected chi connectivity index (χ2v) is 7.43. The highest BCUT2D eigenvalue weighted by molar-refractivity contribution is 5.83. The van der Waals surface area contributed by atoms with E-state index in [4.69, 9.17) is 4.52 Å². The molecule has 1 aromatic carbocycles. The molecule has 0 fully saturated rings. The van der Waals surface area contributed by atoms with E-state index in [0.717, 1.165) is 12.0 Å². The van der Waals surface area contributed by atoms with E-state index in [-0.39, 0.29) is 24.3 Å². The lowest BCUT2D eigenvalue weighted by Crippen LogP contribution is -2.29. The molecule has 154 valence electrons. The molecule has 3 heterocycles. The Labute approximate surface area is 174 Å². The number of amides is 1. The van der Waals surface area contributed by atoms with Gasteiger partial charge in [-0.3, -0.25) is 9.20 Å². The minimum Gasteiger partial charge on any atom is -0.348 e. The highest BCUT2D eigenvalue weighted by Gasteiger charge is 2.20. The van der Waals surface area contributed by atoms with Gasteiger partial charge >= 0.3 is 0 Å². The van der Waals surface area contributed by atoms with Gasteiger partial charge in [-0.05, 0) is 24.1 Å². The molecule has 0 aliphatic carbocycles. The van der Waals surface area contributed by atoms with Crippen molar-refractivity contribution < 1.29 is 9.32 Å². The lowest BCUT2D eigenvalue weighted by atomic mass is 9.96. The fourth-order valence-electron chi connectivity index (χ4n) is 3.38. The molecule has 0 spiro atoms. The maximum absolute atomic E-state index is 12.8. The standard InChI is InChI=1S/C22H24N6O2/c1-4-16(15-9-6-5-7-10-15)21(29)23-13-18-25-26-20-17(11-8-12-28(18)20)22-24-19(14(2)3)27-30-22/h5-12,14,16H,4,13H2,1-3H3,(H,23,29)/t16-/m0/s1. The van der Waals surface area contributed by atoms with E-state index >= 15 is 0 Å². The van der Waals surface area contributed by atoms with E-state index in [9.17, 15) is 4.79 Å². The van der Waals surface area contributed by atoms with Gasteiger partial charge in [-0.25, -0.2) is 0 Å². The van der Waals surface area contributed by atoms with Crippen molar-refractivity contribution in [3.05, 3.63) is 65.9 Å². The van der Waals surface area contributed by atoms with Gasteiger partial charge in [0.05, 0.1) is 18.0 Å². The number of nitrogens with zero attached hydrogens (tertiary/aromatic N) is 5. The fraction of sp³-hybridized carbons (Fsp3) is 0.318. The van der Waals surface area contributed by atoms with E-state index in [0.29, 0.717) is 28.8 Å². The third-order valence-corrected chi connectivity index (χ3v) is 5.04. The lowest BCUT2D eigenvalue weighted by molar-refractivity contribution is -0.122. The topological polar surface area (TPSA) is 98.2 Å². The summed E-state index contributed by atoms with van der Waals surface area (Å²) in [5.74, 6) is 1.62. The first-order valence-corrected chi connectivity index (χ1v) is 10.1. The van der Waals surface area contributed by atoms with Crippen molar-refractivity contribution in [1.82, 2.24) is 30.1 Å². The van der Waals surface area contributed by atoms with Gasteiger partial charge in [0, 0.05) is 12.1 Å². The zero-order valence-corrected chi connectivity index (χ0v) is 17.2. The minimum atomic E-state index is -0.200. The molecule has 4 rings (SSSR count). The smallest absolute Gasteiger partial charge is 0.261 e. The first-order chi connectivity index (χ1) is 14.6. The Hall–Kier alpha value is -3.55. The van der Waals surface area contributed by atoms with Crippen LogP contribution in [0, 0.1) is 0 Å². The number of carbonyl (C=O) groups is 1. The highest BCUT2D eigenvalue weighted by atomic mass is 16.5. The molecule has 8 heteroatoms. The van der Waals surface area contributed by atoms with Gasteiger partial charge < -0.3 is 9.84 Å². The van der Waals surface area contributed by atoms with Gasteiger partial charge in [0.25, 0.3) is 5.89 Å². The molecular weight excluding hydrogens is 380 g/mol. The second-order valence-electron chi connectivity index (χ2n) is 7.43. The largest absolute Gasteiger partial charge is 0.348 e. The summed E-state index contributed by atoms with van der Waals surface area (Å²) in [6, 6.07) is 13.5. The molecule has 3 aromatic heterocycles. The number of aromatic nitrogens is 5. The van der Waals surface area contributed by atoms with Gasteiger partial charge in [0.15, 0.2) is 17.3 Å². The molecular formula is C22H24N6O2. The first kappa shape index (κ1) is 19.8. The van der Waals surface area contributed by atoms with Crippen molar-refractivity contribution in [2.45, 2.75) is 45.6 Å². The molecule has 0 aliphatic heterocycles. The predicted octanol–water partition coefficient (Wildman–Crippen LogP) is 3.71. The zero-order chi connectivity index (χ0) is 21.1. The molecule has 1 amide bonds. The molecule has 0 bridgehead atoms. The van der Waals surface area contributed by atoms with Crippen LogP contribution in [0.5, 0.6) is 0 Å². The van der Waals surface area contributed by atoms with E-state index in [1.54, 1.807) is 0 Å². The molecule has 0 unspecified atom stereocenters. The number of pyridine rings is 1. The Morgan fingerprint density at radius 3 is 2.63 bits per heavy atom. The molecule has 0 radical (unpaired) electrons. The summed E-state index contributed by atoms with van der Waals surface area (Å²) >= 11 is 0. The van der Waals surface area contributed by atoms with Gasteiger partial charge in [0.1, 0.15) is 0 Å². The lowest BCUT2D eigenvalue weighted by Gasteiger charge is -2.15. The number of hydrogen-bond acceptors (Lipinski definition) is 6. The number of rotatable bonds is 7. The van der Waals surface area contributed by atoms with Crippen molar-refractivity contribution in [3.8, 4) is 11.5 Å². The summed E-state index contributed by atoms with van der Waals surface area (Å²) in [4.78, 5) is 17.2. The summed E-state index contributed by atoms with van der Waals surface area (Å²) in [5, 5.41) is 15.6. The highest BCUT2D eigenvalue weighted by Crippen LogP contribution is 2.24. The van der Waals surface area contributed by atoms with Crippen LogP contribution in [0.25, 0.3) is 17.1 Å².